The van der Waals surface area contributed by atoms with Crippen LogP contribution in [-0.4, -0.2) is 17.9 Å². The molecule has 2 rings (SSSR count). The van der Waals surface area contributed by atoms with Crippen LogP contribution in [0.1, 0.15) is 11.1 Å². The Morgan fingerprint density at radius 3 is 2.52 bits per heavy atom. The first-order valence-corrected chi connectivity index (χ1v) is 7.00. The zero-order chi connectivity index (χ0) is 14.9. The van der Waals surface area contributed by atoms with E-state index in [9.17, 15) is 0 Å². The largest absolute Gasteiger partial charge is 0.493 e. The highest BCUT2D eigenvalue weighted by atomic mass is 32.1. The second-order valence-corrected chi connectivity index (χ2v) is 4.83. The van der Waals surface area contributed by atoms with E-state index in [2.05, 4.69) is 34.9 Å². The summed E-state index contributed by atoms with van der Waals surface area (Å²) >= 11 is 4.65. The standard InChI is InChI=1S/C16H17N3OS/c17-16(21)19-18-12-14-6-8-15(9-7-14)20-11-10-13-4-2-1-3-5-13/h1-9,12H,10-11H2,(H3,17,19,21)/b18-12-. The maximum absolute atomic E-state index is 5.71. The van der Waals surface area contributed by atoms with Crippen molar-refractivity contribution < 1.29 is 4.74 Å². The smallest absolute Gasteiger partial charge is 0.184 e. The van der Waals surface area contributed by atoms with Gasteiger partial charge in [0.05, 0.1) is 12.8 Å². The molecular weight excluding hydrogens is 282 g/mol. The van der Waals surface area contributed by atoms with E-state index in [0.717, 1.165) is 17.7 Å². The maximum atomic E-state index is 5.71. The molecule has 0 saturated heterocycles. The van der Waals surface area contributed by atoms with Gasteiger partial charge < -0.3 is 10.5 Å². The lowest BCUT2D eigenvalue weighted by atomic mass is 10.2. The topological polar surface area (TPSA) is 59.6 Å². The first kappa shape index (κ1) is 15.0. The Morgan fingerprint density at radius 2 is 1.86 bits per heavy atom. The van der Waals surface area contributed by atoms with Crippen LogP contribution in [0.15, 0.2) is 59.7 Å². The summed E-state index contributed by atoms with van der Waals surface area (Å²) in [4.78, 5) is 0. The van der Waals surface area contributed by atoms with Gasteiger partial charge >= 0.3 is 0 Å². The Hall–Kier alpha value is -2.40. The molecule has 0 heterocycles. The summed E-state index contributed by atoms with van der Waals surface area (Å²) in [5.41, 5.74) is 9.99. The van der Waals surface area contributed by atoms with Gasteiger partial charge in [0.2, 0.25) is 0 Å². The van der Waals surface area contributed by atoms with Crippen LogP contribution in [0.2, 0.25) is 0 Å². The van der Waals surface area contributed by atoms with E-state index >= 15 is 0 Å². The predicted molar refractivity (Wildman–Crippen MR) is 89.6 cm³/mol. The number of nitrogens with one attached hydrogen (secondary N) is 1. The predicted octanol–water partition coefficient (Wildman–Crippen LogP) is 2.48. The van der Waals surface area contributed by atoms with Crippen LogP contribution in [0.5, 0.6) is 5.75 Å². The third-order valence-corrected chi connectivity index (χ3v) is 2.86. The molecule has 0 radical (unpaired) electrons. The molecule has 5 heteroatoms. The van der Waals surface area contributed by atoms with E-state index in [1.54, 1.807) is 6.21 Å². The Balaban J connectivity index is 1.79. The minimum Gasteiger partial charge on any atom is -0.493 e. The van der Waals surface area contributed by atoms with Crippen molar-refractivity contribution in [3.8, 4) is 5.75 Å². The SMILES string of the molecule is NC(=S)N/N=C\c1ccc(OCCc2ccccc2)cc1. The van der Waals surface area contributed by atoms with Crippen molar-refractivity contribution in [2.24, 2.45) is 10.8 Å². The van der Waals surface area contributed by atoms with Gasteiger partial charge in [0.1, 0.15) is 5.75 Å². The fourth-order valence-corrected chi connectivity index (χ4v) is 1.80. The molecule has 0 unspecified atom stereocenters. The lowest BCUT2D eigenvalue weighted by Gasteiger charge is -2.06. The molecule has 3 N–H and O–H groups in total. The summed E-state index contributed by atoms with van der Waals surface area (Å²) in [5.74, 6) is 0.838. The van der Waals surface area contributed by atoms with E-state index in [4.69, 9.17) is 10.5 Å². The summed E-state index contributed by atoms with van der Waals surface area (Å²) in [6.07, 6.45) is 2.54. The van der Waals surface area contributed by atoms with E-state index in [1.807, 2.05) is 42.5 Å². The molecule has 4 nitrogen and oxygen atoms in total. The Kier molecular flexibility index (Phi) is 5.72. The molecule has 0 amide bonds. The van der Waals surface area contributed by atoms with Crippen LogP contribution < -0.4 is 15.9 Å². The van der Waals surface area contributed by atoms with Gasteiger partial charge in [-0.15, -0.1) is 0 Å². The molecule has 0 aliphatic heterocycles. The summed E-state index contributed by atoms with van der Waals surface area (Å²) in [5, 5.41) is 4.04. The Labute approximate surface area is 129 Å². The molecule has 2 aromatic rings. The highest BCUT2D eigenvalue weighted by Crippen LogP contribution is 2.11. The monoisotopic (exact) mass is 299 g/mol. The van der Waals surface area contributed by atoms with Crippen molar-refractivity contribution in [2.45, 2.75) is 6.42 Å². The van der Waals surface area contributed by atoms with Crippen LogP contribution in [-0.2, 0) is 6.42 Å². The number of nitrogens with zero attached hydrogens (tertiary/aromatic N) is 1. The molecule has 0 spiro atoms. The van der Waals surface area contributed by atoms with Gasteiger partial charge in [-0.3, -0.25) is 5.43 Å². The van der Waals surface area contributed by atoms with Crippen LogP contribution >= 0.6 is 12.2 Å². The van der Waals surface area contributed by atoms with Crippen molar-refractivity contribution in [1.82, 2.24) is 5.43 Å². The zero-order valence-electron chi connectivity index (χ0n) is 11.5. The molecule has 0 aliphatic rings. The molecule has 0 fully saturated rings. The van der Waals surface area contributed by atoms with Crippen molar-refractivity contribution in [1.29, 1.82) is 0 Å². The van der Waals surface area contributed by atoms with Crippen LogP contribution in [0.25, 0.3) is 0 Å². The van der Waals surface area contributed by atoms with E-state index in [0.29, 0.717) is 6.61 Å². The zero-order valence-corrected chi connectivity index (χ0v) is 12.3. The average molecular weight is 299 g/mol. The first-order valence-electron chi connectivity index (χ1n) is 6.59. The van der Waals surface area contributed by atoms with Gasteiger partial charge in [0.25, 0.3) is 0 Å². The van der Waals surface area contributed by atoms with Gasteiger partial charge in [0, 0.05) is 6.42 Å². The summed E-state index contributed by atoms with van der Waals surface area (Å²) in [6, 6.07) is 17.9. The van der Waals surface area contributed by atoms with Crippen LogP contribution in [0.3, 0.4) is 0 Å². The first-order chi connectivity index (χ1) is 10.2. The van der Waals surface area contributed by atoms with Gasteiger partial charge in [-0.2, -0.15) is 5.10 Å². The summed E-state index contributed by atoms with van der Waals surface area (Å²) < 4.78 is 5.71. The van der Waals surface area contributed by atoms with Crippen LogP contribution in [0, 0.1) is 0 Å². The third-order valence-electron chi connectivity index (χ3n) is 2.77. The Morgan fingerprint density at radius 1 is 1.14 bits per heavy atom. The number of benzene rings is 2. The molecule has 2 aromatic carbocycles. The highest BCUT2D eigenvalue weighted by Gasteiger charge is 1.96. The van der Waals surface area contributed by atoms with Crippen molar-refractivity contribution in [3.63, 3.8) is 0 Å². The quantitative estimate of drug-likeness (QED) is 0.489. The molecule has 21 heavy (non-hydrogen) atoms. The molecule has 0 bridgehead atoms. The third kappa shape index (κ3) is 5.62. The van der Waals surface area contributed by atoms with Crippen molar-refractivity contribution >= 4 is 23.5 Å². The summed E-state index contributed by atoms with van der Waals surface area (Å²) in [7, 11) is 0. The van der Waals surface area contributed by atoms with Gasteiger partial charge in [-0.05, 0) is 47.6 Å². The number of ether oxygens (including phenoxy) is 1. The van der Waals surface area contributed by atoms with Crippen molar-refractivity contribution in [3.05, 3.63) is 65.7 Å². The fraction of sp³-hybridized carbons (Fsp3) is 0.125. The van der Waals surface area contributed by atoms with Crippen molar-refractivity contribution in [2.75, 3.05) is 6.61 Å². The average Bonchev–Trinajstić information content (AvgIpc) is 2.50. The maximum Gasteiger partial charge on any atom is 0.184 e. The van der Waals surface area contributed by atoms with Gasteiger partial charge in [-0.25, -0.2) is 0 Å². The lowest BCUT2D eigenvalue weighted by Crippen LogP contribution is -2.23. The minimum atomic E-state index is 0.145. The Bertz CT molecular complexity index is 597. The fourth-order valence-electron chi connectivity index (χ4n) is 1.75. The normalized spacial score (nSPS) is 10.5. The molecule has 0 atom stereocenters. The number of hydrogen-bond acceptors (Lipinski definition) is 3. The second-order valence-electron chi connectivity index (χ2n) is 4.39. The molecular formula is C16H17N3OS. The molecule has 0 aliphatic carbocycles. The van der Waals surface area contributed by atoms with E-state index < -0.39 is 0 Å². The summed E-state index contributed by atoms with van der Waals surface area (Å²) in [6.45, 7) is 0.653. The van der Waals surface area contributed by atoms with E-state index in [1.165, 1.54) is 5.56 Å². The molecule has 0 aromatic heterocycles. The lowest BCUT2D eigenvalue weighted by molar-refractivity contribution is 0.322. The number of rotatable bonds is 6. The van der Waals surface area contributed by atoms with Gasteiger partial charge in [0.15, 0.2) is 5.11 Å². The highest BCUT2D eigenvalue weighted by molar-refractivity contribution is 7.80. The molecule has 0 saturated carbocycles. The van der Waals surface area contributed by atoms with Gasteiger partial charge in [-0.1, -0.05) is 30.3 Å². The number of hydrogen-bond donors (Lipinski definition) is 2. The number of nitrogens with two attached hydrogens (primary N) is 1. The number of hydrazone groups is 1. The van der Waals surface area contributed by atoms with Crippen LogP contribution in [0.4, 0.5) is 0 Å². The second kappa shape index (κ2) is 8.01. The minimum absolute atomic E-state index is 0.145. The molecule has 108 valence electrons. The number of thiocarbonyl (C=S) groups is 1. The van der Waals surface area contributed by atoms with E-state index in [-0.39, 0.29) is 5.11 Å².